The normalized spacial score (nSPS) is 18.7. The Morgan fingerprint density at radius 3 is 2.35 bits per heavy atom. The Morgan fingerprint density at radius 1 is 1.03 bits per heavy atom. The molecule has 2 aliphatic rings. The third kappa shape index (κ3) is 6.19. The molecule has 2 aliphatic heterocycles. The number of carbonyl (C=O) groups excluding carboxylic acids is 1. The number of pyridine rings is 1. The highest BCUT2D eigenvalue weighted by molar-refractivity contribution is 5.89. The van der Waals surface area contributed by atoms with Gasteiger partial charge in [-0.1, -0.05) is 5.16 Å². The maximum atomic E-state index is 13.2. The number of piperidine rings is 2. The summed E-state index contributed by atoms with van der Waals surface area (Å²) < 4.78 is 0. The molecule has 2 aromatic rings. The quantitative estimate of drug-likeness (QED) is 0.465. The standard InChI is InChI=1S/C24H34N8O2/c1-34-30-21(12-17-2-7-27-22(25)13-17)19-5-10-32(11-6-19)23(33)20-3-8-31(9-4-20)16-18-14-28-24(26)29-15-18/h2,7,13-15,19-20H,3-6,8-12,16H2,1H3,(H2,25,27)(H2,26,28,29). The predicted octanol–water partition coefficient (Wildman–Crippen LogP) is 1.73. The van der Waals surface area contributed by atoms with Crippen LogP contribution in [0.15, 0.2) is 35.9 Å². The first-order valence-electron chi connectivity index (χ1n) is 11.9. The molecule has 0 aromatic carbocycles. The smallest absolute Gasteiger partial charge is 0.225 e. The van der Waals surface area contributed by atoms with Gasteiger partial charge in [-0.25, -0.2) is 15.0 Å². The maximum Gasteiger partial charge on any atom is 0.225 e. The largest absolute Gasteiger partial charge is 0.399 e. The lowest BCUT2D eigenvalue weighted by atomic mass is 9.87. The lowest BCUT2D eigenvalue weighted by Gasteiger charge is -2.37. The van der Waals surface area contributed by atoms with Crippen molar-refractivity contribution in [2.75, 3.05) is 44.8 Å². The van der Waals surface area contributed by atoms with Crippen molar-refractivity contribution in [3.8, 4) is 0 Å². The minimum Gasteiger partial charge on any atom is -0.399 e. The van der Waals surface area contributed by atoms with Gasteiger partial charge in [0.25, 0.3) is 0 Å². The topological polar surface area (TPSA) is 136 Å². The van der Waals surface area contributed by atoms with Gasteiger partial charge in [0.1, 0.15) is 12.9 Å². The summed E-state index contributed by atoms with van der Waals surface area (Å²) >= 11 is 0. The molecular formula is C24H34N8O2. The van der Waals surface area contributed by atoms with Crippen LogP contribution in [0.25, 0.3) is 0 Å². The van der Waals surface area contributed by atoms with Crippen molar-refractivity contribution in [3.63, 3.8) is 0 Å². The molecule has 4 rings (SSSR count). The Kier molecular flexibility index (Phi) is 7.89. The lowest BCUT2D eigenvalue weighted by Crippen LogP contribution is -2.46. The van der Waals surface area contributed by atoms with Crippen LogP contribution in [0.5, 0.6) is 0 Å². The number of hydrogen-bond acceptors (Lipinski definition) is 9. The van der Waals surface area contributed by atoms with Crippen LogP contribution in [0.4, 0.5) is 11.8 Å². The molecule has 1 amide bonds. The van der Waals surface area contributed by atoms with Crippen LogP contribution in [0, 0.1) is 11.8 Å². The van der Waals surface area contributed by atoms with E-state index in [0.717, 1.165) is 75.2 Å². The highest BCUT2D eigenvalue weighted by Gasteiger charge is 2.32. The van der Waals surface area contributed by atoms with Crippen LogP contribution in [-0.2, 0) is 22.6 Å². The second-order valence-electron chi connectivity index (χ2n) is 9.13. The first-order chi connectivity index (χ1) is 16.5. The molecule has 2 fully saturated rings. The van der Waals surface area contributed by atoms with E-state index in [1.54, 1.807) is 25.7 Å². The van der Waals surface area contributed by atoms with Crippen LogP contribution in [0.1, 0.15) is 36.8 Å². The molecule has 0 saturated carbocycles. The fourth-order valence-corrected chi connectivity index (χ4v) is 4.92. The van der Waals surface area contributed by atoms with E-state index in [1.165, 1.54) is 0 Å². The Hall–Kier alpha value is -3.27. The molecular weight excluding hydrogens is 432 g/mol. The van der Waals surface area contributed by atoms with Gasteiger partial charge < -0.3 is 21.2 Å². The predicted molar refractivity (Wildman–Crippen MR) is 131 cm³/mol. The van der Waals surface area contributed by atoms with E-state index in [9.17, 15) is 4.79 Å². The summed E-state index contributed by atoms with van der Waals surface area (Å²) in [6.07, 6.45) is 9.49. The fourth-order valence-electron chi connectivity index (χ4n) is 4.92. The molecule has 0 atom stereocenters. The molecule has 10 nitrogen and oxygen atoms in total. The minimum absolute atomic E-state index is 0.0994. The molecule has 182 valence electrons. The van der Waals surface area contributed by atoms with Crippen molar-refractivity contribution in [1.82, 2.24) is 24.8 Å². The zero-order chi connectivity index (χ0) is 23.9. The first kappa shape index (κ1) is 23.9. The number of carbonyl (C=O) groups is 1. The number of nitrogens with zero attached hydrogens (tertiary/aromatic N) is 6. The number of hydrogen-bond donors (Lipinski definition) is 2. The molecule has 4 N–H and O–H groups in total. The highest BCUT2D eigenvalue weighted by atomic mass is 16.6. The van der Waals surface area contributed by atoms with Gasteiger partial charge in [-0.2, -0.15) is 0 Å². The minimum atomic E-state index is 0.0994. The van der Waals surface area contributed by atoms with E-state index in [2.05, 4.69) is 25.0 Å². The first-order valence-corrected chi connectivity index (χ1v) is 11.9. The summed E-state index contributed by atoms with van der Waals surface area (Å²) in [5.41, 5.74) is 14.5. The van der Waals surface area contributed by atoms with Crippen molar-refractivity contribution in [1.29, 1.82) is 0 Å². The number of likely N-dealkylation sites (tertiary alicyclic amines) is 2. The third-order valence-electron chi connectivity index (χ3n) is 6.79. The third-order valence-corrected chi connectivity index (χ3v) is 6.79. The SMILES string of the molecule is CON=C(Cc1ccnc(N)c1)C1CCN(C(=O)C2CCN(Cc3cnc(N)nc3)CC2)CC1. The van der Waals surface area contributed by atoms with Crippen LogP contribution in [0.2, 0.25) is 0 Å². The molecule has 0 unspecified atom stereocenters. The van der Waals surface area contributed by atoms with Crippen LogP contribution < -0.4 is 11.5 Å². The van der Waals surface area contributed by atoms with Gasteiger partial charge in [0.05, 0.1) is 5.71 Å². The van der Waals surface area contributed by atoms with Crippen LogP contribution in [0.3, 0.4) is 0 Å². The lowest BCUT2D eigenvalue weighted by molar-refractivity contribution is -0.138. The molecule has 4 heterocycles. The van der Waals surface area contributed by atoms with E-state index in [4.69, 9.17) is 16.3 Å². The molecule has 10 heteroatoms. The molecule has 2 aromatic heterocycles. The summed E-state index contributed by atoms with van der Waals surface area (Å²) in [5.74, 6) is 1.48. The van der Waals surface area contributed by atoms with Crippen molar-refractivity contribution in [3.05, 3.63) is 41.9 Å². The summed E-state index contributed by atoms with van der Waals surface area (Å²) in [6, 6.07) is 3.82. The average molecular weight is 467 g/mol. The van der Waals surface area contributed by atoms with Gasteiger partial charge in [-0.05, 0) is 56.5 Å². The Morgan fingerprint density at radius 2 is 1.71 bits per heavy atom. The van der Waals surface area contributed by atoms with Gasteiger partial charge >= 0.3 is 0 Å². The van der Waals surface area contributed by atoms with Gasteiger partial charge in [0.15, 0.2) is 0 Å². The molecule has 34 heavy (non-hydrogen) atoms. The van der Waals surface area contributed by atoms with Gasteiger partial charge in [0.2, 0.25) is 11.9 Å². The number of oxime groups is 1. The van der Waals surface area contributed by atoms with E-state index in [1.807, 2.05) is 17.0 Å². The molecule has 0 radical (unpaired) electrons. The number of rotatable bonds is 7. The van der Waals surface area contributed by atoms with E-state index in [-0.39, 0.29) is 5.92 Å². The van der Waals surface area contributed by atoms with Crippen molar-refractivity contribution in [2.45, 2.75) is 38.6 Å². The monoisotopic (exact) mass is 466 g/mol. The number of aromatic nitrogens is 3. The highest BCUT2D eigenvalue weighted by Crippen LogP contribution is 2.26. The van der Waals surface area contributed by atoms with Crippen molar-refractivity contribution in [2.24, 2.45) is 17.0 Å². The summed E-state index contributed by atoms with van der Waals surface area (Å²) in [6.45, 7) is 4.10. The number of nitrogen functional groups attached to an aromatic ring is 2. The molecule has 0 aliphatic carbocycles. The summed E-state index contributed by atoms with van der Waals surface area (Å²) in [4.78, 5) is 34.9. The Bertz CT molecular complexity index is 981. The molecule has 2 saturated heterocycles. The second kappa shape index (κ2) is 11.2. The fraction of sp³-hybridized carbons (Fsp3) is 0.542. The molecule has 0 spiro atoms. The number of anilines is 2. The number of nitrogens with two attached hydrogens (primary N) is 2. The van der Waals surface area contributed by atoms with Gasteiger partial charge in [-0.15, -0.1) is 0 Å². The summed E-state index contributed by atoms with van der Waals surface area (Å²) in [5, 5.41) is 4.31. The van der Waals surface area contributed by atoms with Crippen molar-refractivity contribution < 1.29 is 9.63 Å². The van der Waals surface area contributed by atoms with Gasteiger partial charge in [-0.3, -0.25) is 9.69 Å². The maximum absolute atomic E-state index is 13.2. The van der Waals surface area contributed by atoms with E-state index >= 15 is 0 Å². The van der Waals surface area contributed by atoms with Crippen LogP contribution >= 0.6 is 0 Å². The van der Waals surface area contributed by atoms with E-state index < -0.39 is 0 Å². The average Bonchev–Trinajstić information content (AvgIpc) is 2.85. The van der Waals surface area contributed by atoms with Gasteiger partial charge in [0, 0.05) is 62.0 Å². The number of amides is 1. The zero-order valence-electron chi connectivity index (χ0n) is 19.8. The Labute approximate surface area is 200 Å². The van der Waals surface area contributed by atoms with Crippen molar-refractivity contribution >= 4 is 23.4 Å². The second-order valence-corrected chi connectivity index (χ2v) is 9.13. The summed E-state index contributed by atoms with van der Waals surface area (Å²) in [7, 11) is 1.58. The van der Waals surface area contributed by atoms with E-state index in [0.29, 0.717) is 30.0 Å². The Balaban J connectivity index is 1.25. The zero-order valence-corrected chi connectivity index (χ0v) is 19.8. The van der Waals surface area contributed by atoms with Crippen LogP contribution in [-0.4, -0.2) is 69.7 Å². The molecule has 0 bridgehead atoms.